The number of fused-ring (bicyclic) bond motifs is 6. The van der Waals surface area contributed by atoms with Gasteiger partial charge in [-0.2, -0.15) is 0 Å². The maximum atomic E-state index is 11.5. The molecule has 4 saturated carbocycles. The van der Waals surface area contributed by atoms with Crippen molar-refractivity contribution in [3.63, 3.8) is 0 Å². The molecule has 8 atom stereocenters. The standard InChI is InChI=1S/C24H38O5/c1-15(25)29-17-7-9-22(2)16(13-17)5-6-18-19-8-10-24(27-11-4-12-28-24)23(19,3)21(26)14-20(18)22/h16-21,26H,4-14H2,1-3H3/t16-,17-,18+,19+,20?,21?,22+,23-/m1/s1. The lowest BCUT2D eigenvalue weighted by Gasteiger charge is -2.63. The molecule has 29 heavy (non-hydrogen) atoms. The van der Waals surface area contributed by atoms with Crippen LogP contribution in [0.1, 0.15) is 78.6 Å². The summed E-state index contributed by atoms with van der Waals surface area (Å²) >= 11 is 0. The first-order chi connectivity index (χ1) is 13.8. The Kier molecular flexibility index (Phi) is 4.84. The number of aliphatic hydroxyl groups is 1. The van der Waals surface area contributed by atoms with E-state index in [1.54, 1.807) is 0 Å². The zero-order valence-corrected chi connectivity index (χ0v) is 18.3. The molecule has 0 aromatic rings. The maximum absolute atomic E-state index is 11.5. The van der Waals surface area contributed by atoms with Crippen LogP contribution in [0.15, 0.2) is 0 Å². The molecular weight excluding hydrogens is 368 g/mol. The fourth-order valence-corrected chi connectivity index (χ4v) is 8.54. The van der Waals surface area contributed by atoms with Crippen LogP contribution in [0, 0.1) is 34.5 Å². The van der Waals surface area contributed by atoms with Crippen LogP contribution in [-0.2, 0) is 19.0 Å². The highest BCUT2D eigenvalue weighted by atomic mass is 16.7. The van der Waals surface area contributed by atoms with Gasteiger partial charge >= 0.3 is 5.97 Å². The molecule has 0 aromatic heterocycles. The summed E-state index contributed by atoms with van der Waals surface area (Å²) in [5.74, 6) is 1.52. The topological polar surface area (TPSA) is 65.0 Å². The smallest absolute Gasteiger partial charge is 0.302 e. The summed E-state index contributed by atoms with van der Waals surface area (Å²) in [4.78, 5) is 11.5. The van der Waals surface area contributed by atoms with Crippen molar-refractivity contribution in [1.29, 1.82) is 0 Å². The summed E-state index contributed by atoms with van der Waals surface area (Å²) in [5.41, 5.74) is -0.0569. The van der Waals surface area contributed by atoms with Crippen molar-refractivity contribution in [2.45, 2.75) is 96.6 Å². The van der Waals surface area contributed by atoms with Gasteiger partial charge in [0.2, 0.25) is 0 Å². The van der Waals surface area contributed by atoms with Crippen molar-refractivity contribution >= 4 is 5.97 Å². The van der Waals surface area contributed by atoms with Crippen LogP contribution in [0.3, 0.4) is 0 Å². The van der Waals surface area contributed by atoms with Crippen LogP contribution < -0.4 is 0 Å². The number of rotatable bonds is 1. The number of hydrogen-bond acceptors (Lipinski definition) is 5. The van der Waals surface area contributed by atoms with Gasteiger partial charge in [-0.05, 0) is 80.5 Å². The minimum Gasteiger partial charge on any atom is -0.463 e. The lowest BCUT2D eigenvalue weighted by atomic mass is 9.44. The van der Waals surface area contributed by atoms with Crippen molar-refractivity contribution in [3.8, 4) is 0 Å². The molecule has 1 spiro atoms. The van der Waals surface area contributed by atoms with Crippen LogP contribution in [0.4, 0.5) is 0 Å². The fourth-order valence-electron chi connectivity index (χ4n) is 8.54. The molecule has 5 nitrogen and oxygen atoms in total. The largest absolute Gasteiger partial charge is 0.463 e. The second kappa shape index (κ2) is 6.93. The van der Waals surface area contributed by atoms with Gasteiger partial charge < -0.3 is 19.3 Å². The van der Waals surface area contributed by atoms with Gasteiger partial charge in [0.1, 0.15) is 6.10 Å². The quantitative estimate of drug-likeness (QED) is 0.665. The molecule has 0 bridgehead atoms. The highest BCUT2D eigenvalue weighted by Crippen LogP contribution is 2.69. The Balaban J connectivity index is 1.40. The normalized spacial score (nSPS) is 51.0. The molecule has 0 aromatic carbocycles. The third-order valence-electron chi connectivity index (χ3n) is 10.1. The Morgan fingerprint density at radius 3 is 2.48 bits per heavy atom. The average molecular weight is 407 g/mol. The van der Waals surface area contributed by atoms with Gasteiger partial charge in [0, 0.05) is 13.3 Å². The molecule has 5 aliphatic rings. The average Bonchev–Trinajstić information content (AvgIpc) is 2.97. The van der Waals surface area contributed by atoms with E-state index in [2.05, 4.69) is 13.8 Å². The number of ether oxygens (including phenoxy) is 3. The van der Waals surface area contributed by atoms with E-state index in [-0.39, 0.29) is 29.0 Å². The number of carbonyl (C=O) groups is 1. The highest BCUT2D eigenvalue weighted by Gasteiger charge is 2.70. The maximum Gasteiger partial charge on any atom is 0.302 e. The summed E-state index contributed by atoms with van der Waals surface area (Å²) in [6.07, 6.45) is 9.03. The first kappa shape index (κ1) is 20.3. The van der Waals surface area contributed by atoms with Crippen molar-refractivity contribution in [3.05, 3.63) is 0 Å². The summed E-state index contributed by atoms with van der Waals surface area (Å²) in [6.45, 7) is 7.74. The number of esters is 1. The molecule has 1 N–H and O–H groups in total. The number of hydrogen-bond donors (Lipinski definition) is 1. The monoisotopic (exact) mass is 406 g/mol. The Bertz CT molecular complexity index is 658. The fraction of sp³-hybridized carbons (Fsp3) is 0.958. The molecule has 2 unspecified atom stereocenters. The van der Waals surface area contributed by atoms with Gasteiger partial charge in [0.15, 0.2) is 5.79 Å². The first-order valence-electron chi connectivity index (χ1n) is 11.9. The number of aliphatic hydroxyl groups excluding tert-OH is 1. The third kappa shape index (κ3) is 2.79. The molecule has 164 valence electrons. The Morgan fingerprint density at radius 2 is 1.76 bits per heavy atom. The van der Waals surface area contributed by atoms with Gasteiger partial charge in [-0.25, -0.2) is 0 Å². The van der Waals surface area contributed by atoms with E-state index in [4.69, 9.17) is 14.2 Å². The van der Waals surface area contributed by atoms with Gasteiger partial charge in [-0.1, -0.05) is 13.8 Å². The van der Waals surface area contributed by atoms with Crippen molar-refractivity contribution in [2.24, 2.45) is 34.5 Å². The van der Waals surface area contributed by atoms with Gasteiger partial charge in [0.25, 0.3) is 0 Å². The van der Waals surface area contributed by atoms with Crippen LogP contribution >= 0.6 is 0 Å². The summed E-state index contributed by atoms with van der Waals surface area (Å²) in [7, 11) is 0. The Morgan fingerprint density at radius 1 is 1.00 bits per heavy atom. The van der Waals surface area contributed by atoms with E-state index in [0.717, 1.165) is 58.2 Å². The lowest BCUT2D eigenvalue weighted by molar-refractivity contribution is -0.343. The van der Waals surface area contributed by atoms with Gasteiger partial charge in [-0.3, -0.25) is 4.79 Å². The molecule has 4 aliphatic carbocycles. The predicted octanol–water partition coefficient (Wildman–Crippen LogP) is 4.06. The van der Waals surface area contributed by atoms with E-state index in [0.29, 0.717) is 23.7 Å². The molecule has 0 amide bonds. The minimum atomic E-state index is -0.578. The zero-order chi connectivity index (χ0) is 20.4. The van der Waals surface area contributed by atoms with Crippen LogP contribution in [0.2, 0.25) is 0 Å². The van der Waals surface area contributed by atoms with E-state index >= 15 is 0 Å². The second-order valence-corrected chi connectivity index (χ2v) is 11.0. The first-order valence-corrected chi connectivity index (χ1v) is 11.9. The molecule has 0 radical (unpaired) electrons. The van der Waals surface area contributed by atoms with Crippen LogP contribution in [0.25, 0.3) is 0 Å². The van der Waals surface area contributed by atoms with Crippen molar-refractivity contribution in [2.75, 3.05) is 13.2 Å². The third-order valence-corrected chi connectivity index (χ3v) is 10.1. The zero-order valence-electron chi connectivity index (χ0n) is 18.3. The molecule has 1 saturated heterocycles. The summed E-state index contributed by atoms with van der Waals surface area (Å²) in [5, 5.41) is 11.5. The molecule has 1 heterocycles. The number of carbonyl (C=O) groups excluding carboxylic acids is 1. The highest BCUT2D eigenvalue weighted by molar-refractivity contribution is 5.66. The van der Waals surface area contributed by atoms with Gasteiger partial charge in [-0.15, -0.1) is 0 Å². The van der Waals surface area contributed by atoms with E-state index in [1.165, 1.54) is 19.8 Å². The van der Waals surface area contributed by atoms with Crippen LogP contribution in [0.5, 0.6) is 0 Å². The summed E-state index contributed by atoms with van der Waals surface area (Å²) in [6, 6.07) is 0. The molecule has 5 fully saturated rings. The van der Waals surface area contributed by atoms with E-state index in [9.17, 15) is 9.90 Å². The molecule has 1 aliphatic heterocycles. The summed E-state index contributed by atoms with van der Waals surface area (Å²) < 4.78 is 18.2. The van der Waals surface area contributed by atoms with E-state index < -0.39 is 5.79 Å². The van der Waals surface area contributed by atoms with Crippen LogP contribution in [-0.4, -0.2) is 42.3 Å². The molecule has 5 heteroatoms. The minimum absolute atomic E-state index is 0.0830. The second-order valence-electron chi connectivity index (χ2n) is 11.0. The molecular formula is C24H38O5. The van der Waals surface area contributed by atoms with Crippen molar-refractivity contribution in [1.82, 2.24) is 0 Å². The Hall–Kier alpha value is -0.650. The van der Waals surface area contributed by atoms with Crippen molar-refractivity contribution < 1.29 is 24.1 Å². The SMILES string of the molecule is CC(=O)O[C@@H]1CC[C@]2(C)C3CC(O)[C@@]4(C)[C@@H](CCC45OCCCO5)[C@@H]3CC[C@@H]2C1. The molecule has 5 rings (SSSR count). The predicted molar refractivity (Wildman–Crippen MR) is 108 cm³/mol. The lowest BCUT2D eigenvalue weighted by Crippen LogP contribution is -2.64. The Labute approximate surface area is 174 Å². The van der Waals surface area contributed by atoms with Gasteiger partial charge in [0.05, 0.1) is 24.7 Å². The van der Waals surface area contributed by atoms with E-state index in [1.807, 2.05) is 0 Å².